The maximum atomic E-state index is 11.2. The molecule has 15 N–H and O–H groups in total. The summed E-state index contributed by atoms with van der Waals surface area (Å²) in [5.74, 6) is 4.70. The van der Waals surface area contributed by atoms with E-state index in [0.717, 1.165) is 36.4 Å². The average Bonchev–Trinajstić information content (AvgIpc) is 1.66. The number of aliphatic hydroxyl groups excluding tert-OH is 7. The third kappa shape index (κ3) is 28.2. The van der Waals surface area contributed by atoms with Crippen LogP contribution in [-0.2, 0) is 33.3 Å². The summed E-state index contributed by atoms with van der Waals surface area (Å²) < 4.78 is 30.0. The van der Waals surface area contributed by atoms with E-state index < -0.39 is 102 Å². The average molecular weight is 1790 g/mol. The Morgan fingerprint density at radius 2 is 0.778 bits per heavy atom. The van der Waals surface area contributed by atoms with Crippen molar-refractivity contribution in [2.24, 2.45) is 77.7 Å². The van der Waals surface area contributed by atoms with Gasteiger partial charge in [0.25, 0.3) is 0 Å². The Morgan fingerprint density at radius 3 is 1.15 bits per heavy atom. The number of ether oxygens (including phenoxy) is 5. The molecule has 0 aromatic carbocycles. The second kappa shape index (κ2) is 41.5. The zero-order chi connectivity index (χ0) is 88.5. The SMILES string of the molecule is C=C1N=C(N)C=CN1[C@@H]1C=C(C(C)CP(=C)(C)C)[C@@H](O)[C@H]1O.C=C1N=C(N)C=CN1[C@@H]1O[C@H](C(C)CP(=C)(C)C)[C@@H](O)[C@H]1Br.C=C1N=C(N)C=CN1[C@@H]1O[C@H](C(C)CP(=C)(C)C)[C@@H](O)[C@H]1C.C=C1N=C(NC(C)=O)C=CN1[C@@H]1O[C@H](C(C)CP(=C)(C)C)[C@@H](O)[C@H]1O.C=C1N=C(NC(C)=O)C=CN1[C@@H]1O[C@H](C(C)CP(=C)(C)C)[C@@H](O)[C@H]1OC. The standard InChI is InChI=1S/C18H30N3O4P.C17H28N3O4P.C16H28N3O2P.C16H26N3O2P.C15H25BrN3O2P/c1-11(10-26(5,6)7)16-15(23)17(24-4)18(25-16)21-9-8-14(19-12(21)2)20-13(3)22;1-10(9-25(4,5)6)16-14(22)15(23)17(24-16)20-8-7-13(18-11(20)2)19-12(3)21;1-10(9-22(4,5)6)15-14(20)11(2)16(21-15)19-8-7-13(17)18-12(19)3;1-10(9-22(3,4)5)12-8-13(16(21)15(12)20)19-7-6-14(17)18-11(19)2;1-9(8-22(3,4)5)14-13(20)12(16)15(21-14)19-7-6-11(17)18-10(19)2/h8-9,11,15-18,23H,2,5,10H2,1,3-4,6-7H3,(H,19,20,22);7-8,10,14-17,22-23H,2,4,9H2,1,3,5-6H3,(H,18,19,21);7-8,10-11,14-16,20H,3-4,9H2,1-2,5-6H3,(H2,17,18);6-8,10,13,15-16,20-21H,2-3,9H2,1,4-5H3,(H2,17,18);6-7,9,12-15,20H,2-3,8H2,1,4-5H3,(H2,17,18)/t11?,15-,16-,17-,18-;10?,14-,15+,16+,17+;10?,11-,14+,15-,16-;10?,13-,15-,16+;9?,12-,13+,14-,15-/m10111/s1. The van der Waals surface area contributed by atoms with E-state index in [4.69, 9.17) is 40.9 Å². The number of methoxy groups -OCH3 is 1. The summed E-state index contributed by atoms with van der Waals surface area (Å²) >= 11 is 3.56. The molecular weight excluding hydrogens is 1650 g/mol. The maximum absolute atomic E-state index is 11.2. The first-order chi connectivity index (χ1) is 53.8. The van der Waals surface area contributed by atoms with Crippen molar-refractivity contribution in [3.8, 4) is 0 Å². The van der Waals surface area contributed by atoms with Crippen LogP contribution in [0.25, 0.3) is 0 Å². The van der Waals surface area contributed by atoms with E-state index in [-0.39, 0.29) is 89.0 Å². The third-order valence-corrected chi connectivity index (χ3v) is 29.3. The van der Waals surface area contributed by atoms with E-state index in [1.807, 2.05) is 31.0 Å². The molecular formula is C82H137BrN15O14P5. The molecule has 4 saturated heterocycles. The molecule has 5 unspecified atom stereocenters. The van der Waals surface area contributed by atoms with Crippen LogP contribution in [-0.4, -0.2) is 346 Å². The van der Waals surface area contributed by atoms with Gasteiger partial charge in [-0.25, -0.2) is 25.0 Å². The zero-order valence-corrected chi connectivity index (χ0v) is 78.2. The topological polar surface area (TPSA) is 402 Å². The van der Waals surface area contributed by atoms with E-state index in [1.54, 1.807) is 81.9 Å². The first-order valence-electron chi connectivity index (χ1n) is 39.0. The van der Waals surface area contributed by atoms with Gasteiger partial charge in [0.1, 0.15) is 101 Å². The number of hydrogen-bond acceptors (Lipinski definition) is 27. The second-order valence-corrected chi connectivity index (χ2v) is 57.8. The number of nitrogens with one attached hydrogen (secondary N) is 2. The van der Waals surface area contributed by atoms with E-state index in [0.29, 0.717) is 58.3 Å². The molecule has 29 nitrogen and oxygen atoms in total. The van der Waals surface area contributed by atoms with Gasteiger partial charge in [0.05, 0.1) is 47.5 Å². The predicted molar refractivity (Wildman–Crippen MR) is 499 cm³/mol. The lowest BCUT2D eigenvalue weighted by molar-refractivity contribution is -0.118. The Bertz CT molecular complexity index is 4160. The van der Waals surface area contributed by atoms with Crippen molar-refractivity contribution in [1.82, 2.24) is 35.1 Å². The summed E-state index contributed by atoms with van der Waals surface area (Å²) in [5, 5.41) is 78.7. The van der Waals surface area contributed by atoms with Crippen LogP contribution in [0.2, 0.25) is 0 Å². The molecule has 117 heavy (non-hydrogen) atoms. The fraction of sp³-hybridized carbons (Fsp3) is 0.585. The zero-order valence-electron chi connectivity index (χ0n) is 72.1. The molecule has 1 aliphatic carbocycles. The van der Waals surface area contributed by atoms with Gasteiger partial charge in [-0.1, -0.05) is 96.4 Å². The molecule has 9 heterocycles. The summed E-state index contributed by atoms with van der Waals surface area (Å²) in [7, 11) is 1.55. The Labute approximate surface area is 704 Å². The van der Waals surface area contributed by atoms with Gasteiger partial charge in [-0.15, -0.1) is 65.9 Å². The van der Waals surface area contributed by atoms with Crippen molar-refractivity contribution in [3.63, 3.8) is 0 Å². The molecule has 0 saturated carbocycles. The van der Waals surface area contributed by atoms with Gasteiger partial charge in [0.15, 0.2) is 18.7 Å². The molecule has 2 amide bonds. The molecule has 9 aliphatic heterocycles. The maximum Gasteiger partial charge on any atom is 0.222 e. The first-order valence-corrected chi connectivity index (χ1v) is 55.2. The number of nitrogens with zero attached hydrogens (tertiary/aromatic N) is 10. The van der Waals surface area contributed by atoms with Crippen LogP contribution in [0.5, 0.6) is 0 Å². The Kier molecular flexibility index (Phi) is 35.5. The van der Waals surface area contributed by atoms with Crippen LogP contribution in [0.4, 0.5) is 0 Å². The number of rotatable bonds is 21. The lowest BCUT2D eigenvalue weighted by atomic mass is 9.95. The van der Waals surface area contributed by atoms with Crippen LogP contribution in [0.3, 0.4) is 0 Å². The van der Waals surface area contributed by atoms with Crippen molar-refractivity contribution >= 4 is 123 Å². The van der Waals surface area contributed by atoms with Crippen LogP contribution in [0.1, 0.15) is 55.4 Å². The Balaban J connectivity index is 0.000000228. The number of alkyl halides is 1. The minimum Gasteiger partial charge on any atom is -0.390 e. The van der Waals surface area contributed by atoms with Crippen LogP contribution in [0.15, 0.2) is 160 Å². The lowest BCUT2D eigenvalue weighted by Crippen LogP contribution is -2.43. The summed E-state index contributed by atoms with van der Waals surface area (Å²) in [5.41, 5.74) is 17.8. The molecule has 4 fully saturated rings. The van der Waals surface area contributed by atoms with Crippen molar-refractivity contribution in [2.45, 2.75) is 164 Å². The highest BCUT2D eigenvalue weighted by Crippen LogP contribution is 2.48. The third-order valence-electron chi connectivity index (χ3n) is 20.5. The van der Waals surface area contributed by atoms with E-state index in [2.05, 4.69) is 210 Å². The second-order valence-electron chi connectivity index (χ2n) is 35.6. The molecule has 0 aromatic heterocycles. The number of nitrogens with two attached hydrogens (primary N) is 3. The van der Waals surface area contributed by atoms with Crippen LogP contribution < -0.4 is 27.8 Å². The van der Waals surface area contributed by atoms with E-state index >= 15 is 0 Å². The normalized spacial score (nSPS) is 31.8. The molecule has 24 atom stereocenters. The highest BCUT2D eigenvalue weighted by Gasteiger charge is 2.52. The van der Waals surface area contributed by atoms with Crippen LogP contribution in [0, 0.1) is 35.5 Å². The summed E-state index contributed by atoms with van der Waals surface area (Å²) in [6.45, 7) is 50.3. The number of carbonyl (C=O) groups is 2. The molecule has 0 spiro atoms. The predicted octanol–water partition coefficient (Wildman–Crippen LogP) is 6.45. The lowest BCUT2D eigenvalue weighted by Gasteiger charge is -2.32. The smallest absolute Gasteiger partial charge is 0.222 e. The monoisotopic (exact) mass is 1790 g/mol. The van der Waals surface area contributed by atoms with Gasteiger partial charge in [0, 0.05) is 57.9 Å². The van der Waals surface area contributed by atoms with Gasteiger partial charge < -0.3 is 112 Å². The van der Waals surface area contributed by atoms with E-state index in [9.17, 15) is 45.3 Å². The number of aliphatic hydroxyl groups is 7. The largest absolute Gasteiger partial charge is 0.390 e. The van der Waals surface area contributed by atoms with Crippen LogP contribution >= 0.6 is 50.4 Å². The van der Waals surface area contributed by atoms with Crippen molar-refractivity contribution in [2.75, 3.05) is 105 Å². The van der Waals surface area contributed by atoms with Gasteiger partial charge in [-0.05, 0) is 163 Å². The number of halogens is 1. The quantitative estimate of drug-likeness (QED) is 0.0333. The number of amides is 2. The molecule has 656 valence electrons. The summed E-state index contributed by atoms with van der Waals surface area (Å²) in [6, 6.07) is -0.376. The highest BCUT2D eigenvalue weighted by atomic mass is 79.9. The summed E-state index contributed by atoms with van der Waals surface area (Å²) in [6.07, 6.45) is 35.5. The van der Waals surface area contributed by atoms with Gasteiger partial charge >= 0.3 is 0 Å². The van der Waals surface area contributed by atoms with Gasteiger partial charge in [0.2, 0.25) is 11.8 Å². The molecule has 10 aliphatic rings. The molecule has 0 radical (unpaired) electrons. The molecule has 0 bridgehead atoms. The Hall–Kier alpha value is -5.67. The molecule has 35 heteroatoms. The van der Waals surface area contributed by atoms with Gasteiger partial charge in [-0.3, -0.25) is 9.59 Å². The fourth-order valence-corrected chi connectivity index (χ4v) is 25.4. The highest BCUT2D eigenvalue weighted by molar-refractivity contribution is 9.09. The number of aliphatic imine (C=N–C) groups is 5. The van der Waals surface area contributed by atoms with Crippen molar-refractivity contribution < 1.29 is 69.0 Å². The minimum absolute atomic E-state index is 0.0327. The van der Waals surface area contributed by atoms with E-state index in [1.165, 1.54) is 13.8 Å². The molecule has 0 aromatic rings. The fourth-order valence-electron chi connectivity index (χ4n) is 15.9. The van der Waals surface area contributed by atoms with Gasteiger partial charge in [-0.2, -0.15) is 0 Å². The van der Waals surface area contributed by atoms with Crippen molar-refractivity contribution in [3.05, 3.63) is 135 Å². The number of carbonyl (C=O) groups excluding carboxylic acids is 2. The number of amidine groups is 5. The minimum atomic E-state index is -1.29. The first kappa shape index (κ1) is 100. The summed E-state index contributed by atoms with van der Waals surface area (Å²) in [4.78, 5) is 51.7. The van der Waals surface area contributed by atoms with Crippen molar-refractivity contribution in [1.29, 1.82) is 0 Å². The Morgan fingerprint density at radius 1 is 0.462 bits per heavy atom. The number of hydrogen-bond donors (Lipinski definition) is 12. The molecule has 10 rings (SSSR count).